The number of anilines is 2. The summed E-state index contributed by atoms with van der Waals surface area (Å²) in [6, 6.07) is 19.5. The van der Waals surface area contributed by atoms with Crippen LogP contribution in [-0.4, -0.2) is 98.9 Å². The van der Waals surface area contributed by atoms with E-state index in [4.69, 9.17) is 0 Å². The molecular formula is C41H46N6O4. The molecule has 0 saturated carbocycles. The Morgan fingerprint density at radius 1 is 0.451 bits per heavy atom. The molecule has 0 spiro atoms. The topological polar surface area (TPSA) is 105 Å². The van der Waals surface area contributed by atoms with Crippen molar-refractivity contribution in [2.24, 2.45) is 0 Å². The van der Waals surface area contributed by atoms with Gasteiger partial charge in [-0.1, -0.05) is 24.3 Å². The molecule has 10 heteroatoms. The maximum absolute atomic E-state index is 13.5. The van der Waals surface area contributed by atoms with Crippen LogP contribution in [-0.2, 0) is 0 Å². The minimum Gasteiger partial charge on any atom is -0.371 e. The Balaban J connectivity index is 0.805. The average molecular weight is 687 g/mol. The second kappa shape index (κ2) is 14.4. The number of nitrogens with zero attached hydrogens (tertiary/aromatic N) is 4. The van der Waals surface area contributed by atoms with Crippen LogP contribution in [0.2, 0.25) is 0 Å². The molecule has 2 N–H and O–H groups in total. The standard InChI is InChI=1S/C41H46N6O4/c48-38-30-12-7-10-28-34(44-22-3-1-4-23-44)16-14-32(36(28)30)40(50)46(38)26-20-42-18-9-19-43-21-27-47-39(49)31-13-8-11-29-35(45-24-5-2-6-25-45)17-15-33(37(29)31)41(47)51/h7-8,10-17,42-43H,1-6,9,18-27H2. The number of carbonyl (C=O) groups is 4. The van der Waals surface area contributed by atoms with Crippen molar-refractivity contribution < 1.29 is 19.2 Å². The fraction of sp³-hybridized carbons (Fsp3) is 0.415. The zero-order chi connectivity index (χ0) is 34.9. The summed E-state index contributed by atoms with van der Waals surface area (Å²) < 4.78 is 0. The Morgan fingerprint density at radius 3 is 1.25 bits per heavy atom. The first-order valence-corrected chi connectivity index (χ1v) is 18.8. The first kappa shape index (κ1) is 33.3. The zero-order valence-electron chi connectivity index (χ0n) is 29.2. The molecule has 0 unspecified atom stereocenters. The predicted molar refractivity (Wildman–Crippen MR) is 201 cm³/mol. The normalized spacial score (nSPS) is 17.7. The van der Waals surface area contributed by atoms with Gasteiger partial charge in [0.25, 0.3) is 23.6 Å². The van der Waals surface area contributed by atoms with Crippen LogP contribution in [0.15, 0.2) is 60.7 Å². The van der Waals surface area contributed by atoms with Crippen LogP contribution in [0.25, 0.3) is 21.5 Å². The summed E-state index contributed by atoms with van der Waals surface area (Å²) in [7, 11) is 0. The molecule has 4 heterocycles. The van der Waals surface area contributed by atoms with Gasteiger partial charge in [0.1, 0.15) is 0 Å². The van der Waals surface area contributed by atoms with Gasteiger partial charge in [-0.3, -0.25) is 29.0 Å². The quantitative estimate of drug-likeness (QED) is 0.150. The lowest BCUT2D eigenvalue weighted by molar-refractivity contribution is 0.0597. The lowest BCUT2D eigenvalue weighted by Crippen LogP contribution is -2.44. The van der Waals surface area contributed by atoms with E-state index >= 15 is 0 Å². The first-order chi connectivity index (χ1) is 25.0. The van der Waals surface area contributed by atoms with Gasteiger partial charge in [0.15, 0.2) is 0 Å². The van der Waals surface area contributed by atoms with Gasteiger partial charge in [0, 0.05) is 108 Å². The van der Waals surface area contributed by atoms with E-state index in [0.717, 1.165) is 91.2 Å². The van der Waals surface area contributed by atoms with Crippen molar-refractivity contribution >= 4 is 56.5 Å². The molecule has 4 aliphatic rings. The maximum Gasteiger partial charge on any atom is 0.261 e. The number of hydrogen-bond acceptors (Lipinski definition) is 8. The highest BCUT2D eigenvalue weighted by molar-refractivity contribution is 6.28. The Hall–Kier alpha value is -4.80. The van der Waals surface area contributed by atoms with Crippen LogP contribution in [0.4, 0.5) is 11.4 Å². The number of benzene rings is 4. The van der Waals surface area contributed by atoms with Gasteiger partial charge < -0.3 is 20.4 Å². The second-order valence-corrected chi connectivity index (χ2v) is 14.2. The highest BCUT2D eigenvalue weighted by atomic mass is 16.2. The molecule has 0 bridgehead atoms. The third kappa shape index (κ3) is 6.14. The highest BCUT2D eigenvalue weighted by Gasteiger charge is 2.35. The van der Waals surface area contributed by atoms with Gasteiger partial charge in [-0.15, -0.1) is 0 Å². The van der Waals surface area contributed by atoms with Crippen LogP contribution in [0, 0.1) is 0 Å². The number of amides is 4. The van der Waals surface area contributed by atoms with Crippen molar-refractivity contribution in [3.8, 4) is 0 Å². The molecule has 0 aliphatic carbocycles. The zero-order valence-corrected chi connectivity index (χ0v) is 29.2. The van der Waals surface area contributed by atoms with Crippen LogP contribution in [0.1, 0.15) is 86.4 Å². The summed E-state index contributed by atoms with van der Waals surface area (Å²) in [6.07, 6.45) is 7.92. The van der Waals surface area contributed by atoms with E-state index in [1.54, 1.807) is 0 Å². The molecule has 4 amide bonds. The van der Waals surface area contributed by atoms with Crippen LogP contribution in [0.5, 0.6) is 0 Å². The van der Waals surface area contributed by atoms with Crippen LogP contribution >= 0.6 is 0 Å². The first-order valence-electron chi connectivity index (χ1n) is 18.8. The number of rotatable bonds is 12. The number of imide groups is 2. The second-order valence-electron chi connectivity index (χ2n) is 14.2. The summed E-state index contributed by atoms with van der Waals surface area (Å²) in [4.78, 5) is 61.6. The maximum atomic E-state index is 13.5. The number of hydrogen-bond donors (Lipinski definition) is 2. The minimum atomic E-state index is -0.236. The van der Waals surface area contributed by atoms with E-state index in [0.29, 0.717) is 61.5 Å². The molecule has 2 fully saturated rings. The van der Waals surface area contributed by atoms with E-state index in [-0.39, 0.29) is 23.6 Å². The van der Waals surface area contributed by atoms with Gasteiger partial charge in [-0.05, 0) is 94.4 Å². The molecule has 0 atom stereocenters. The summed E-state index contributed by atoms with van der Waals surface area (Å²) >= 11 is 0. The predicted octanol–water partition coefficient (Wildman–Crippen LogP) is 5.44. The summed E-state index contributed by atoms with van der Waals surface area (Å²) in [5, 5.41) is 10.3. The van der Waals surface area contributed by atoms with Crippen molar-refractivity contribution in [1.29, 1.82) is 0 Å². The summed E-state index contributed by atoms with van der Waals surface area (Å²) in [5.74, 6) is -0.943. The molecule has 4 aliphatic heterocycles. The Labute approximate surface area is 298 Å². The van der Waals surface area contributed by atoms with E-state index < -0.39 is 0 Å². The van der Waals surface area contributed by atoms with E-state index in [9.17, 15) is 19.2 Å². The summed E-state index contributed by atoms with van der Waals surface area (Å²) in [5.41, 5.74) is 4.60. The fourth-order valence-corrected chi connectivity index (χ4v) is 8.46. The van der Waals surface area contributed by atoms with Crippen molar-refractivity contribution in [2.45, 2.75) is 44.9 Å². The fourth-order valence-electron chi connectivity index (χ4n) is 8.46. The van der Waals surface area contributed by atoms with Crippen molar-refractivity contribution in [3.05, 3.63) is 82.9 Å². The van der Waals surface area contributed by atoms with Crippen molar-refractivity contribution in [3.63, 3.8) is 0 Å². The largest absolute Gasteiger partial charge is 0.371 e. The van der Waals surface area contributed by atoms with Gasteiger partial charge in [0.05, 0.1) is 0 Å². The third-order valence-corrected chi connectivity index (χ3v) is 11.1. The summed E-state index contributed by atoms with van der Waals surface area (Å²) in [6.45, 7) is 6.97. The SMILES string of the molecule is O=C1c2cccc3c(N4CCCCC4)ccc(c23)C(=O)N1CCNCCCNCCN1C(=O)c2cccc3c(N4CCCCC4)ccc(c23)C1=O. The minimum absolute atomic E-state index is 0.236. The number of carbonyl (C=O) groups excluding carboxylic acids is 4. The molecule has 51 heavy (non-hydrogen) atoms. The van der Waals surface area contributed by atoms with E-state index in [1.807, 2.05) is 60.7 Å². The Kier molecular flexibility index (Phi) is 9.44. The van der Waals surface area contributed by atoms with Gasteiger partial charge in [-0.2, -0.15) is 0 Å². The smallest absolute Gasteiger partial charge is 0.261 e. The average Bonchev–Trinajstić information content (AvgIpc) is 3.17. The van der Waals surface area contributed by atoms with E-state index in [1.165, 1.54) is 22.6 Å². The molecule has 4 aromatic rings. The molecule has 264 valence electrons. The van der Waals surface area contributed by atoms with Gasteiger partial charge in [0.2, 0.25) is 0 Å². The van der Waals surface area contributed by atoms with E-state index in [2.05, 4.69) is 20.4 Å². The Morgan fingerprint density at radius 2 is 0.843 bits per heavy atom. The molecule has 4 aromatic carbocycles. The van der Waals surface area contributed by atoms with Crippen LogP contribution < -0.4 is 20.4 Å². The molecular weight excluding hydrogens is 640 g/mol. The molecule has 8 rings (SSSR count). The van der Waals surface area contributed by atoms with Gasteiger partial charge in [-0.25, -0.2) is 0 Å². The lowest BCUT2D eigenvalue weighted by atomic mass is 9.92. The molecule has 0 radical (unpaired) electrons. The van der Waals surface area contributed by atoms with Crippen molar-refractivity contribution in [2.75, 3.05) is 75.2 Å². The Bertz CT molecular complexity index is 1830. The molecule has 0 aromatic heterocycles. The number of piperidine rings is 2. The lowest BCUT2D eigenvalue weighted by Gasteiger charge is -2.32. The monoisotopic (exact) mass is 686 g/mol. The number of nitrogens with one attached hydrogen (secondary N) is 2. The van der Waals surface area contributed by atoms with Crippen LogP contribution in [0.3, 0.4) is 0 Å². The third-order valence-electron chi connectivity index (χ3n) is 11.1. The van der Waals surface area contributed by atoms with Gasteiger partial charge >= 0.3 is 0 Å². The highest BCUT2D eigenvalue weighted by Crippen LogP contribution is 2.38. The molecule has 2 saturated heterocycles. The molecule has 10 nitrogen and oxygen atoms in total. The van der Waals surface area contributed by atoms with Crippen molar-refractivity contribution in [1.82, 2.24) is 20.4 Å².